The lowest BCUT2D eigenvalue weighted by Gasteiger charge is -2.14. The van der Waals surface area contributed by atoms with Crippen molar-refractivity contribution in [3.8, 4) is 11.3 Å². The largest absolute Gasteiger partial charge is 0.328 e. The van der Waals surface area contributed by atoms with E-state index in [0.717, 1.165) is 11.4 Å². The molecule has 0 amide bonds. The maximum atomic E-state index is 12.2. The first-order valence-corrected chi connectivity index (χ1v) is 6.27. The molecular formula is C15H14N2O2. The van der Waals surface area contributed by atoms with Crippen molar-refractivity contribution >= 4 is 11.6 Å². The number of aromatic nitrogens is 2. The van der Waals surface area contributed by atoms with Crippen LogP contribution < -0.4 is 0 Å². The molecule has 0 aliphatic heterocycles. The summed E-state index contributed by atoms with van der Waals surface area (Å²) < 4.78 is 1.75. The molecule has 4 heteroatoms. The van der Waals surface area contributed by atoms with Crippen LogP contribution in [0.5, 0.6) is 0 Å². The highest BCUT2D eigenvalue weighted by Gasteiger charge is 2.35. The van der Waals surface area contributed by atoms with Crippen LogP contribution in [-0.2, 0) is 7.05 Å². The van der Waals surface area contributed by atoms with Crippen molar-refractivity contribution in [3.05, 3.63) is 41.3 Å². The molecule has 0 saturated heterocycles. The van der Waals surface area contributed by atoms with Gasteiger partial charge in [-0.2, -0.15) is 0 Å². The predicted molar refractivity (Wildman–Crippen MR) is 71.4 cm³/mol. The molecule has 1 heterocycles. The molecule has 0 spiro atoms. The fourth-order valence-electron chi connectivity index (χ4n) is 2.60. The first kappa shape index (κ1) is 11.8. The number of hydrogen-bond acceptors (Lipinski definition) is 3. The van der Waals surface area contributed by atoms with E-state index in [-0.39, 0.29) is 5.92 Å². The van der Waals surface area contributed by atoms with E-state index in [1.165, 1.54) is 0 Å². The maximum absolute atomic E-state index is 12.2. The van der Waals surface area contributed by atoms with Gasteiger partial charge in [0, 0.05) is 24.1 Å². The average molecular weight is 254 g/mol. The van der Waals surface area contributed by atoms with E-state index in [1.807, 2.05) is 26.0 Å². The Bertz CT molecular complexity index is 711. The third kappa shape index (κ3) is 1.49. The Kier molecular flexibility index (Phi) is 2.42. The van der Waals surface area contributed by atoms with Crippen molar-refractivity contribution in [1.82, 2.24) is 9.55 Å². The smallest absolute Gasteiger partial charge is 0.252 e. The number of rotatable bonds is 1. The fraction of sp³-hybridized carbons (Fsp3) is 0.267. The number of fused-ring (bicyclic) bond motifs is 3. The van der Waals surface area contributed by atoms with Crippen LogP contribution in [0.1, 0.15) is 46.4 Å². The van der Waals surface area contributed by atoms with Gasteiger partial charge in [-0.25, -0.2) is 4.98 Å². The van der Waals surface area contributed by atoms with Crippen LogP contribution in [0.3, 0.4) is 0 Å². The monoisotopic (exact) mass is 254 g/mol. The van der Waals surface area contributed by atoms with Crippen LogP contribution in [-0.4, -0.2) is 21.1 Å². The molecule has 3 rings (SSSR count). The molecule has 0 unspecified atom stereocenters. The van der Waals surface area contributed by atoms with E-state index in [2.05, 4.69) is 4.98 Å². The minimum absolute atomic E-state index is 0.200. The van der Waals surface area contributed by atoms with Gasteiger partial charge in [0.05, 0.1) is 0 Å². The Morgan fingerprint density at radius 3 is 2.32 bits per heavy atom. The van der Waals surface area contributed by atoms with E-state index >= 15 is 0 Å². The summed E-state index contributed by atoms with van der Waals surface area (Å²) in [5.41, 5.74) is 2.25. The van der Waals surface area contributed by atoms with Crippen LogP contribution in [0.15, 0.2) is 24.3 Å². The van der Waals surface area contributed by atoms with Gasteiger partial charge in [-0.05, 0) is 0 Å². The first-order chi connectivity index (χ1) is 9.02. The van der Waals surface area contributed by atoms with Crippen LogP contribution >= 0.6 is 0 Å². The van der Waals surface area contributed by atoms with Gasteiger partial charge in [0.15, 0.2) is 0 Å². The lowest BCUT2D eigenvalue weighted by Crippen LogP contribution is -2.23. The first-order valence-electron chi connectivity index (χ1n) is 6.27. The molecule has 1 aliphatic carbocycles. The lowest BCUT2D eigenvalue weighted by atomic mass is 9.90. The number of Topliss-reactive ketones (excluding diaryl/α,β-unsaturated/α-hetero) is 2. The molecular weight excluding hydrogens is 240 g/mol. The zero-order valence-corrected chi connectivity index (χ0v) is 11.1. The van der Waals surface area contributed by atoms with Crippen molar-refractivity contribution in [2.24, 2.45) is 7.05 Å². The average Bonchev–Trinajstić information content (AvgIpc) is 2.74. The van der Waals surface area contributed by atoms with Gasteiger partial charge in [0.2, 0.25) is 5.78 Å². The minimum Gasteiger partial charge on any atom is -0.328 e. The molecule has 1 aromatic heterocycles. The summed E-state index contributed by atoms with van der Waals surface area (Å²) in [4.78, 5) is 28.9. The van der Waals surface area contributed by atoms with Gasteiger partial charge in [-0.1, -0.05) is 38.1 Å². The maximum Gasteiger partial charge on any atom is 0.252 e. The Hall–Kier alpha value is -2.23. The topological polar surface area (TPSA) is 52.0 Å². The van der Waals surface area contributed by atoms with E-state index in [4.69, 9.17) is 0 Å². The lowest BCUT2D eigenvalue weighted by molar-refractivity contribution is 0.0810. The second kappa shape index (κ2) is 3.88. The summed E-state index contributed by atoms with van der Waals surface area (Å²) in [7, 11) is 1.79. The van der Waals surface area contributed by atoms with Crippen molar-refractivity contribution in [1.29, 1.82) is 0 Å². The summed E-state index contributed by atoms with van der Waals surface area (Å²) in [5.74, 6) is 0.116. The number of hydrogen-bond donors (Lipinski definition) is 0. The number of nitrogens with zero attached hydrogens (tertiary/aromatic N) is 2. The highest BCUT2D eigenvalue weighted by Crippen LogP contribution is 2.34. The predicted octanol–water partition coefficient (Wildman–Crippen LogP) is 2.59. The van der Waals surface area contributed by atoms with Crippen LogP contribution in [0.2, 0.25) is 0 Å². The molecule has 0 atom stereocenters. The third-order valence-corrected chi connectivity index (χ3v) is 3.49. The fourth-order valence-corrected chi connectivity index (χ4v) is 2.60. The highest BCUT2D eigenvalue weighted by molar-refractivity contribution is 6.52. The van der Waals surface area contributed by atoms with E-state index in [0.29, 0.717) is 17.0 Å². The van der Waals surface area contributed by atoms with Crippen LogP contribution in [0.25, 0.3) is 11.3 Å². The molecule has 0 radical (unpaired) electrons. The van der Waals surface area contributed by atoms with Crippen LogP contribution in [0, 0.1) is 0 Å². The second-order valence-electron chi connectivity index (χ2n) is 5.08. The van der Waals surface area contributed by atoms with Crippen molar-refractivity contribution < 1.29 is 9.59 Å². The van der Waals surface area contributed by atoms with E-state index < -0.39 is 11.6 Å². The number of benzene rings is 1. The summed E-state index contributed by atoms with van der Waals surface area (Å²) in [6.07, 6.45) is 0. The van der Waals surface area contributed by atoms with Gasteiger partial charge in [-0.15, -0.1) is 0 Å². The summed E-state index contributed by atoms with van der Waals surface area (Å²) in [6.45, 7) is 4.04. The quantitative estimate of drug-likeness (QED) is 0.735. The van der Waals surface area contributed by atoms with Gasteiger partial charge in [0.25, 0.3) is 5.78 Å². The molecule has 1 aromatic carbocycles. The van der Waals surface area contributed by atoms with Crippen molar-refractivity contribution in [2.45, 2.75) is 19.8 Å². The molecule has 0 bridgehead atoms. The molecule has 4 nitrogen and oxygen atoms in total. The zero-order valence-electron chi connectivity index (χ0n) is 11.1. The van der Waals surface area contributed by atoms with Gasteiger partial charge in [-0.3, -0.25) is 9.59 Å². The number of imidazole rings is 1. The Morgan fingerprint density at radius 2 is 1.68 bits per heavy atom. The molecule has 96 valence electrons. The number of ketones is 2. The molecule has 2 aromatic rings. The highest BCUT2D eigenvalue weighted by atomic mass is 16.2. The summed E-state index contributed by atoms with van der Waals surface area (Å²) >= 11 is 0. The van der Waals surface area contributed by atoms with Crippen molar-refractivity contribution in [2.75, 3.05) is 0 Å². The second-order valence-corrected chi connectivity index (χ2v) is 5.08. The van der Waals surface area contributed by atoms with E-state index in [1.54, 1.807) is 23.7 Å². The summed E-state index contributed by atoms with van der Waals surface area (Å²) in [6, 6.07) is 7.15. The van der Waals surface area contributed by atoms with Crippen molar-refractivity contribution in [3.63, 3.8) is 0 Å². The van der Waals surface area contributed by atoms with Gasteiger partial charge >= 0.3 is 0 Å². The zero-order chi connectivity index (χ0) is 13.7. The molecule has 1 aliphatic rings. The standard InChI is InChI=1S/C15H14N2O2/c1-8(2)15-16-11-9-6-4-5-7-10(9)13(18)14(19)12(11)17(15)3/h4-8H,1-3H3. The normalized spacial score (nSPS) is 13.7. The van der Waals surface area contributed by atoms with Gasteiger partial charge < -0.3 is 4.57 Å². The molecule has 0 saturated carbocycles. The van der Waals surface area contributed by atoms with E-state index in [9.17, 15) is 9.59 Å². The molecule has 0 N–H and O–H groups in total. The Morgan fingerprint density at radius 1 is 1.05 bits per heavy atom. The minimum atomic E-state index is -0.462. The molecule has 19 heavy (non-hydrogen) atoms. The molecule has 0 fully saturated rings. The number of carbonyl (C=O) groups is 2. The Labute approximate surface area is 111 Å². The Balaban J connectivity index is 2.37. The summed E-state index contributed by atoms with van der Waals surface area (Å²) in [5, 5.41) is 0. The van der Waals surface area contributed by atoms with Gasteiger partial charge in [0.1, 0.15) is 17.2 Å². The van der Waals surface area contributed by atoms with Crippen LogP contribution in [0.4, 0.5) is 0 Å². The number of carbonyl (C=O) groups excluding carboxylic acids is 2. The SMILES string of the molecule is CC(C)c1nc2c(n1C)C(=O)C(=O)c1ccccc1-2. The third-order valence-electron chi connectivity index (χ3n) is 3.49.